The molecule has 1 atom stereocenters. The standard InChI is InChI=1S/C33H27F4N3O4/c1-18-7-8-19(24(34)10-18)17-44-31-6-2-5-28(38-31)23-15-25(35)20(11-26(23)36)14-30-39-32-27(37)12-21(33(41)42)13-29(32)40(30)16-22-4-3-9-43-22/h2,5-8,10-13,15,22H,3-4,9,14,16-17H2,1H3,(H,41,42)/t22-/m0/s1. The van der Waals surface area contributed by atoms with E-state index in [0.29, 0.717) is 12.2 Å². The van der Waals surface area contributed by atoms with Crippen LogP contribution in [0.15, 0.2) is 60.7 Å². The summed E-state index contributed by atoms with van der Waals surface area (Å²) in [5.74, 6) is -3.69. The molecule has 3 heterocycles. The topological polar surface area (TPSA) is 86.5 Å². The van der Waals surface area contributed by atoms with Gasteiger partial charge in [0.15, 0.2) is 5.82 Å². The molecular formula is C33H27F4N3O4. The number of carboxylic acid groups (broad SMARTS) is 1. The van der Waals surface area contributed by atoms with Crippen LogP contribution in [-0.2, 0) is 24.3 Å². The Labute approximate surface area is 249 Å². The van der Waals surface area contributed by atoms with E-state index >= 15 is 8.78 Å². The lowest BCUT2D eigenvalue weighted by molar-refractivity contribution is 0.0696. The maximum absolute atomic E-state index is 15.5. The molecule has 0 spiro atoms. The second-order valence-corrected chi connectivity index (χ2v) is 10.7. The van der Waals surface area contributed by atoms with Crippen LogP contribution in [-0.4, -0.2) is 38.3 Å². The molecule has 0 amide bonds. The van der Waals surface area contributed by atoms with Crippen molar-refractivity contribution >= 4 is 17.0 Å². The molecule has 1 fully saturated rings. The molecule has 0 unspecified atom stereocenters. The fourth-order valence-corrected chi connectivity index (χ4v) is 5.34. The second-order valence-electron chi connectivity index (χ2n) is 10.7. The molecule has 1 aliphatic heterocycles. The van der Waals surface area contributed by atoms with E-state index in [0.717, 1.165) is 36.6 Å². The lowest BCUT2D eigenvalue weighted by Gasteiger charge is -2.15. The molecule has 11 heteroatoms. The monoisotopic (exact) mass is 605 g/mol. The second kappa shape index (κ2) is 12.1. The van der Waals surface area contributed by atoms with Crippen LogP contribution in [0.2, 0.25) is 0 Å². The predicted molar refractivity (Wildman–Crippen MR) is 153 cm³/mol. The van der Waals surface area contributed by atoms with E-state index in [4.69, 9.17) is 9.47 Å². The number of carboxylic acids is 1. The molecule has 0 radical (unpaired) electrons. The fraction of sp³-hybridized carbons (Fsp3) is 0.242. The first-order valence-electron chi connectivity index (χ1n) is 14.0. The third-order valence-electron chi connectivity index (χ3n) is 7.61. The van der Waals surface area contributed by atoms with Crippen LogP contribution < -0.4 is 4.74 Å². The van der Waals surface area contributed by atoms with E-state index in [1.165, 1.54) is 24.3 Å². The van der Waals surface area contributed by atoms with E-state index < -0.39 is 29.2 Å². The Kier molecular flexibility index (Phi) is 8.05. The van der Waals surface area contributed by atoms with Gasteiger partial charge in [-0.25, -0.2) is 32.3 Å². The molecule has 6 rings (SSSR count). The number of nitrogens with zero attached hydrogens (tertiary/aromatic N) is 3. The van der Waals surface area contributed by atoms with E-state index in [-0.39, 0.29) is 70.8 Å². The number of imidazole rings is 1. The Hall–Kier alpha value is -4.77. The number of hydrogen-bond donors (Lipinski definition) is 1. The summed E-state index contributed by atoms with van der Waals surface area (Å²) in [6, 6.07) is 13.6. The lowest BCUT2D eigenvalue weighted by Crippen LogP contribution is -2.17. The average molecular weight is 606 g/mol. The Bertz CT molecular complexity index is 1890. The van der Waals surface area contributed by atoms with E-state index in [1.807, 2.05) is 0 Å². The van der Waals surface area contributed by atoms with Crippen LogP contribution in [0.3, 0.4) is 0 Å². The summed E-state index contributed by atoms with van der Waals surface area (Å²) in [5, 5.41) is 9.45. The highest BCUT2D eigenvalue weighted by Gasteiger charge is 2.24. The molecule has 5 aromatic rings. The SMILES string of the molecule is Cc1ccc(COc2cccc(-c3cc(F)c(Cc4nc5c(F)cc(C(=O)O)cc5n4C[C@@H]4CCCO4)cc3F)n2)c(F)c1. The number of benzene rings is 3. The summed E-state index contributed by atoms with van der Waals surface area (Å²) in [7, 11) is 0. The molecule has 0 saturated carbocycles. The zero-order valence-electron chi connectivity index (χ0n) is 23.6. The highest BCUT2D eigenvalue weighted by Crippen LogP contribution is 2.30. The molecule has 44 heavy (non-hydrogen) atoms. The third kappa shape index (κ3) is 6.00. The van der Waals surface area contributed by atoms with Gasteiger partial charge in [-0.3, -0.25) is 0 Å². The number of pyridine rings is 1. The molecular weight excluding hydrogens is 578 g/mol. The van der Waals surface area contributed by atoms with Crippen LogP contribution in [0.25, 0.3) is 22.3 Å². The van der Waals surface area contributed by atoms with Crippen molar-refractivity contribution in [2.45, 2.75) is 45.4 Å². The summed E-state index contributed by atoms with van der Waals surface area (Å²) >= 11 is 0. The van der Waals surface area contributed by atoms with Gasteiger partial charge in [-0.05, 0) is 67.3 Å². The quantitative estimate of drug-likeness (QED) is 0.182. The highest BCUT2D eigenvalue weighted by atomic mass is 19.1. The zero-order chi connectivity index (χ0) is 31.0. The molecule has 1 saturated heterocycles. The van der Waals surface area contributed by atoms with Crippen LogP contribution in [0, 0.1) is 30.2 Å². The Morgan fingerprint density at radius 3 is 2.55 bits per heavy atom. The molecule has 2 aromatic heterocycles. The number of rotatable bonds is 9. The van der Waals surface area contributed by atoms with Crippen LogP contribution >= 0.6 is 0 Å². The van der Waals surface area contributed by atoms with Crippen molar-refractivity contribution in [3.8, 4) is 17.1 Å². The Balaban J connectivity index is 1.29. The van der Waals surface area contributed by atoms with Gasteiger partial charge in [0.25, 0.3) is 0 Å². The van der Waals surface area contributed by atoms with Gasteiger partial charge in [-0.15, -0.1) is 0 Å². The fourth-order valence-electron chi connectivity index (χ4n) is 5.34. The summed E-state index contributed by atoms with van der Waals surface area (Å²) in [4.78, 5) is 20.2. The minimum absolute atomic E-state index is 0.0312. The normalized spacial score (nSPS) is 14.8. The van der Waals surface area contributed by atoms with Gasteiger partial charge in [-0.1, -0.05) is 18.2 Å². The van der Waals surface area contributed by atoms with E-state index in [9.17, 15) is 18.7 Å². The number of ether oxygens (including phenoxy) is 2. The molecule has 1 aliphatic rings. The van der Waals surface area contributed by atoms with Crippen molar-refractivity contribution in [1.29, 1.82) is 0 Å². The molecule has 3 aromatic carbocycles. The van der Waals surface area contributed by atoms with Gasteiger partial charge in [0.05, 0.1) is 29.4 Å². The number of aromatic carboxylic acids is 1. The first-order chi connectivity index (χ1) is 21.2. The number of halogens is 4. The third-order valence-corrected chi connectivity index (χ3v) is 7.61. The summed E-state index contributed by atoms with van der Waals surface area (Å²) in [5.41, 5.74) is 0.993. The van der Waals surface area contributed by atoms with Crippen molar-refractivity contribution in [3.05, 3.63) is 112 Å². The summed E-state index contributed by atoms with van der Waals surface area (Å²) < 4.78 is 73.1. The van der Waals surface area contributed by atoms with Gasteiger partial charge in [0.2, 0.25) is 5.88 Å². The van der Waals surface area contributed by atoms with Crippen molar-refractivity contribution in [2.75, 3.05) is 6.61 Å². The van der Waals surface area contributed by atoms with Crippen LogP contribution in [0.1, 0.15) is 45.7 Å². The Morgan fingerprint density at radius 2 is 1.80 bits per heavy atom. The van der Waals surface area contributed by atoms with Crippen molar-refractivity contribution in [2.24, 2.45) is 0 Å². The van der Waals surface area contributed by atoms with E-state index in [2.05, 4.69) is 9.97 Å². The van der Waals surface area contributed by atoms with Gasteiger partial charge in [0, 0.05) is 30.2 Å². The smallest absolute Gasteiger partial charge is 0.335 e. The maximum Gasteiger partial charge on any atom is 0.335 e. The van der Waals surface area contributed by atoms with Crippen LogP contribution in [0.5, 0.6) is 5.88 Å². The van der Waals surface area contributed by atoms with Crippen molar-refractivity contribution in [3.63, 3.8) is 0 Å². The Morgan fingerprint density at radius 1 is 0.977 bits per heavy atom. The highest BCUT2D eigenvalue weighted by molar-refractivity contribution is 5.92. The van der Waals surface area contributed by atoms with Gasteiger partial charge < -0.3 is 19.1 Å². The maximum atomic E-state index is 15.5. The zero-order valence-corrected chi connectivity index (χ0v) is 23.6. The minimum Gasteiger partial charge on any atom is -0.478 e. The van der Waals surface area contributed by atoms with Gasteiger partial charge in [0.1, 0.15) is 35.4 Å². The number of hydrogen-bond acceptors (Lipinski definition) is 5. The predicted octanol–water partition coefficient (Wildman–Crippen LogP) is 7.01. The van der Waals surface area contributed by atoms with Gasteiger partial charge in [-0.2, -0.15) is 0 Å². The van der Waals surface area contributed by atoms with Gasteiger partial charge >= 0.3 is 5.97 Å². The van der Waals surface area contributed by atoms with Crippen molar-refractivity contribution < 1.29 is 36.9 Å². The number of aryl methyl sites for hydroxylation is 1. The van der Waals surface area contributed by atoms with Crippen molar-refractivity contribution in [1.82, 2.24) is 14.5 Å². The molecule has 0 bridgehead atoms. The first kappa shape index (κ1) is 29.3. The minimum atomic E-state index is -1.30. The molecule has 226 valence electrons. The van der Waals surface area contributed by atoms with E-state index in [1.54, 1.807) is 29.7 Å². The number of aromatic nitrogens is 3. The lowest BCUT2D eigenvalue weighted by atomic mass is 10.0. The van der Waals surface area contributed by atoms with Crippen LogP contribution in [0.4, 0.5) is 17.6 Å². The summed E-state index contributed by atoms with van der Waals surface area (Å²) in [6.45, 7) is 2.49. The first-order valence-corrected chi connectivity index (χ1v) is 14.0. The largest absolute Gasteiger partial charge is 0.478 e. The number of carbonyl (C=O) groups is 1. The molecule has 0 aliphatic carbocycles. The average Bonchev–Trinajstić information content (AvgIpc) is 3.63. The molecule has 7 nitrogen and oxygen atoms in total. The molecule has 1 N–H and O–H groups in total. The number of fused-ring (bicyclic) bond motifs is 1. The summed E-state index contributed by atoms with van der Waals surface area (Å²) in [6.07, 6.45) is 1.18.